The summed E-state index contributed by atoms with van der Waals surface area (Å²) in [5.74, 6) is 2.65. The molecule has 0 atom stereocenters. The second kappa shape index (κ2) is 7.81. The molecule has 2 heterocycles. The fourth-order valence-corrected chi connectivity index (χ4v) is 4.58. The monoisotopic (exact) mass is 425 g/mol. The molecule has 8 heteroatoms. The van der Waals surface area contributed by atoms with E-state index in [2.05, 4.69) is 19.7 Å². The van der Waals surface area contributed by atoms with Crippen LogP contribution in [0.5, 0.6) is 11.5 Å². The number of aromatic nitrogens is 3. The fraction of sp³-hybridized carbons (Fsp3) is 0.364. The van der Waals surface area contributed by atoms with Crippen molar-refractivity contribution in [2.24, 2.45) is 0 Å². The van der Waals surface area contributed by atoms with Gasteiger partial charge >= 0.3 is 0 Å². The topological polar surface area (TPSA) is 89.4 Å². The molecule has 7 nitrogen and oxygen atoms in total. The highest BCUT2D eigenvalue weighted by molar-refractivity contribution is 6.30. The second-order valence-corrected chi connectivity index (χ2v) is 8.28. The number of hydrogen-bond donors (Lipinski definition) is 2. The molecule has 2 aliphatic rings. The molecule has 0 unspecified atom stereocenters. The number of nitrogens with two attached hydrogens (primary N) is 1. The molecule has 0 spiro atoms. The summed E-state index contributed by atoms with van der Waals surface area (Å²) in [5, 5.41) is 19.4. The normalized spacial score (nSPS) is 15.8. The van der Waals surface area contributed by atoms with Crippen LogP contribution in [-0.2, 0) is 25.9 Å². The zero-order valence-corrected chi connectivity index (χ0v) is 17.4. The van der Waals surface area contributed by atoms with Gasteiger partial charge in [-0.25, -0.2) is 0 Å². The van der Waals surface area contributed by atoms with E-state index in [4.69, 9.17) is 22.1 Å². The Bertz CT molecular complexity index is 1100. The van der Waals surface area contributed by atoms with Crippen LogP contribution in [-0.4, -0.2) is 44.5 Å². The van der Waals surface area contributed by atoms with Gasteiger partial charge in [-0.1, -0.05) is 11.6 Å². The Balaban J connectivity index is 1.24. The van der Waals surface area contributed by atoms with Crippen LogP contribution >= 0.6 is 11.6 Å². The number of nitrogens with zero attached hydrogens (tertiary/aromatic N) is 4. The van der Waals surface area contributed by atoms with Crippen molar-refractivity contribution in [2.75, 3.05) is 25.4 Å². The molecule has 1 aromatic heterocycles. The van der Waals surface area contributed by atoms with Crippen molar-refractivity contribution < 1.29 is 9.84 Å². The van der Waals surface area contributed by atoms with Crippen LogP contribution in [0.25, 0.3) is 11.4 Å². The lowest BCUT2D eigenvalue weighted by atomic mass is 10.1. The molecule has 0 fully saturated rings. The Morgan fingerprint density at radius 1 is 1.10 bits per heavy atom. The molecule has 2 aromatic carbocycles. The molecule has 3 N–H and O–H groups in total. The standard InChI is InChI=1S/C22H24ClN5O2/c23-14-4-6-19(29)17(12-14)22-26-25-21-13-27(8-9-28(21)22)10-11-30-20-7-5-18(24)15-2-1-3-16(15)20/h4-7,12,29H,1-3,8-11,13,24H2. The van der Waals surface area contributed by atoms with Gasteiger partial charge in [0.15, 0.2) is 5.82 Å². The quantitative estimate of drug-likeness (QED) is 0.610. The number of nitrogen functional groups attached to an aromatic ring is 1. The summed E-state index contributed by atoms with van der Waals surface area (Å²) in [6.07, 6.45) is 3.23. The average molecular weight is 426 g/mol. The number of phenolic OH excluding ortho intramolecular Hbond substituents is 1. The average Bonchev–Trinajstić information content (AvgIpc) is 3.39. The van der Waals surface area contributed by atoms with E-state index < -0.39 is 0 Å². The molecule has 156 valence electrons. The van der Waals surface area contributed by atoms with Crippen molar-refractivity contribution in [3.63, 3.8) is 0 Å². The van der Waals surface area contributed by atoms with E-state index in [-0.39, 0.29) is 5.75 Å². The van der Waals surface area contributed by atoms with Crippen molar-refractivity contribution >= 4 is 17.3 Å². The number of halogens is 1. The Morgan fingerprint density at radius 3 is 2.87 bits per heavy atom. The first-order chi connectivity index (χ1) is 14.6. The molecule has 0 amide bonds. The third-order valence-electron chi connectivity index (χ3n) is 5.97. The molecule has 0 radical (unpaired) electrons. The number of hydrogen-bond acceptors (Lipinski definition) is 6. The number of ether oxygens (including phenoxy) is 1. The van der Waals surface area contributed by atoms with Crippen molar-refractivity contribution in [3.8, 4) is 22.9 Å². The van der Waals surface area contributed by atoms with E-state index in [0.29, 0.717) is 29.6 Å². The summed E-state index contributed by atoms with van der Waals surface area (Å²) >= 11 is 6.09. The van der Waals surface area contributed by atoms with Gasteiger partial charge in [-0.15, -0.1) is 10.2 Å². The van der Waals surface area contributed by atoms with Gasteiger partial charge in [0, 0.05) is 30.3 Å². The minimum Gasteiger partial charge on any atom is -0.507 e. The Kier molecular flexibility index (Phi) is 5.00. The predicted octanol–water partition coefficient (Wildman–Crippen LogP) is 3.27. The van der Waals surface area contributed by atoms with Crippen molar-refractivity contribution in [3.05, 3.63) is 52.3 Å². The predicted molar refractivity (Wildman–Crippen MR) is 116 cm³/mol. The fourth-order valence-electron chi connectivity index (χ4n) is 4.41. The third kappa shape index (κ3) is 3.48. The number of benzene rings is 2. The van der Waals surface area contributed by atoms with Crippen LogP contribution in [0.2, 0.25) is 5.02 Å². The van der Waals surface area contributed by atoms with Gasteiger partial charge in [0.2, 0.25) is 0 Å². The lowest BCUT2D eigenvalue weighted by molar-refractivity contribution is 0.174. The van der Waals surface area contributed by atoms with E-state index >= 15 is 0 Å². The summed E-state index contributed by atoms with van der Waals surface area (Å²) < 4.78 is 8.16. The first kappa shape index (κ1) is 19.2. The van der Waals surface area contributed by atoms with Gasteiger partial charge in [0.25, 0.3) is 0 Å². The summed E-state index contributed by atoms with van der Waals surface area (Å²) in [6.45, 7) is 3.73. The highest BCUT2D eigenvalue weighted by Gasteiger charge is 2.24. The summed E-state index contributed by atoms with van der Waals surface area (Å²) in [6, 6.07) is 8.91. The first-order valence-corrected chi connectivity index (χ1v) is 10.6. The van der Waals surface area contributed by atoms with E-state index in [9.17, 15) is 5.11 Å². The number of rotatable bonds is 5. The molecule has 5 rings (SSSR count). The molecule has 1 aliphatic carbocycles. The molecule has 3 aromatic rings. The largest absolute Gasteiger partial charge is 0.507 e. The van der Waals surface area contributed by atoms with Crippen molar-refractivity contribution in [1.29, 1.82) is 0 Å². The van der Waals surface area contributed by atoms with E-state index in [1.807, 2.05) is 12.1 Å². The van der Waals surface area contributed by atoms with Gasteiger partial charge < -0.3 is 20.1 Å². The number of anilines is 1. The molecular formula is C22H24ClN5O2. The van der Waals surface area contributed by atoms with Crippen LogP contribution in [0.1, 0.15) is 23.4 Å². The maximum Gasteiger partial charge on any atom is 0.167 e. The zero-order chi connectivity index (χ0) is 20.7. The van der Waals surface area contributed by atoms with Gasteiger partial charge in [0.1, 0.15) is 23.9 Å². The number of aromatic hydroxyl groups is 1. The lowest BCUT2D eigenvalue weighted by Gasteiger charge is -2.27. The maximum atomic E-state index is 10.2. The Morgan fingerprint density at radius 2 is 1.97 bits per heavy atom. The van der Waals surface area contributed by atoms with Gasteiger partial charge in [0.05, 0.1) is 12.1 Å². The summed E-state index contributed by atoms with van der Waals surface area (Å²) in [5.41, 5.74) is 10.1. The lowest BCUT2D eigenvalue weighted by Crippen LogP contribution is -2.36. The number of fused-ring (bicyclic) bond motifs is 2. The minimum atomic E-state index is 0.154. The van der Waals surface area contributed by atoms with Crippen molar-refractivity contribution in [1.82, 2.24) is 19.7 Å². The molecule has 0 saturated heterocycles. The van der Waals surface area contributed by atoms with Crippen LogP contribution in [0.3, 0.4) is 0 Å². The van der Waals surface area contributed by atoms with Crippen LogP contribution in [0.4, 0.5) is 5.69 Å². The molecule has 30 heavy (non-hydrogen) atoms. The Hall–Kier alpha value is -2.77. The van der Waals surface area contributed by atoms with Gasteiger partial charge in [-0.2, -0.15) is 0 Å². The molecule has 1 aliphatic heterocycles. The summed E-state index contributed by atoms with van der Waals surface area (Å²) in [7, 11) is 0. The highest BCUT2D eigenvalue weighted by atomic mass is 35.5. The minimum absolute atomic E-state index is 0.154. The molecule has 0 saturated carbocycles. The highest BCUT2D eigenvalue weighted by Crippen LogP contribution is 2.35. The van der Waals surface area contributed by atoms with E-state index in [1.165, 1.54) is 11.1 Å². The summed E-state index contributed by atoms with van der Waals surface area (Å²) in [4.78, 5) is 2.31. The van der Waals surface area contributed by atoms with E-state index in [0.717, 1.165) is 56.2 Å². The van der Waals surface area contributed by atoms with E-state index in [1.54, 1.807) is 18.2 Å². The first-order valence-electron chi connectivity index (χ1n) is 10.3. The SMILES string of the molecule is Nc1ccc(OCCN2CCn3c(nnc3-c3cc(Cl)ccc3O)C2)c2c1CCC2. The zero-order valence-electron chi connectivity index (χ0n) is 16.6. The molecule has 0 bridgehead atoms. The number of phenols is 1. The second-order valence-electron chi connectivity index (χ2n) is 7.84. The van der Waals surface area contributed by atoms with Gasteiger partial charge in [-0.05, 0) is 60.7 Å². The molecular weight excluding hydrogens is 402 g/mol. The van der Waals surface area contributed by atoms with Crippen LogP contribution in [0.15, 0.2) is 30.3 Å². The Labute approximate surface area is 180 Å². The third-order valence-corrected chi connectivity index (χ3v) is 6.21. The van der Waals surface area contributed by atoms with Crippen molar-refractivity contribution in [2.45, 2.75) is 32.4 Å². The van der Waals surface area contributed by atoms with Gasteiger partial charge in [-0.3, -0.25) is 4.90 Å². The van der Waals surface area contributed by atoms with Crippen LogP contribution in [0, 0.1) is 0 Å². The van der Waals surface area contributed by atoms with Crippen LogP contribution < -0.4 is 10.5 Å². The maximum absolute atomic E-state index is 10.2. The smallest absolute Gasteiger partial charge is 0.167 e.